The van der Waals surface area contributed by atoms with Crippen molar-refractivity contribution in [3.05, 3.63) is 212 Å². The number of pyridine rings is 1. The molecule has 0 aliphatic heterocycles. The first-order chi connectivity index (χ1) is 31.7. The van der Waals surface area contributed by atoms with Crippen molar-refractivity contribution in [3.63, 3.8) is 0 Å². The highest BCUT2D eigenvalue weighted by atomic mass is 32.1. The van der Waals surface area contributed by atoms with Crippen LogP contribution in [0.25, 0.3) is 131 Å². The molecular weight excluding hydrogens is 799 g/mol. The van der Waals surface area contributed by atoms with E-state index in [-0.39, 0.29) is 0 Å². The Bertz CT molecular complexity index is 3960. The maximum absolute atomic E-state index is 6.74. The zero-order valence-corrected chi connectivity index (χ0v) is 35.2. The molecule has 0 unspecified atom stereocenters. The molecule has 0 atom stereocenters. The fourth-order valence-corrected chi connectivity index (χ4v) is 10.7. The third-order valence-electron chi connectivity index (χ3n) is 12.5. The van der Waals surface area contributed by atoms with Crippen LogP contribution in [-0.2, 0) is 0 Å². The third-order valence-corrected chi connectivity index (χ3v) is 13.7. The van der Waals surface area contributed by atoms with Gasteiger partial charge in [0.25, 0.3) is 0 Å². The molecule has 13 rings (SSSR count). The summed E-state index contributed by atoms with van der Waals surface area (Å²) in [7, 11) is 0. The van der Waals surface area contributed by atoms with Gasteiger partial charge in [0.15, 0.2) is 11.4 Å². The minimum absolute atomic E-state index is 0.669. The van der Waals surface area contributed by atoms with E-state index in [1.54, 1.807) is 0 Å². The topological polar surface area (TPSA) is 51.8 Å². The Hall–Kier alpha value is -8.25. The molecule has 0 N–H and O–H groups in total. The lowest BCUT2D eigenvalue weighted by molar-refractivity contribution is 0.669. The maximum atomic E-state index is 6.74. The molecule has 4 nitrogen and oxygen atoms in total. The van der Waals surface area contributed by atoms with Crippen LogP contribution in [0.3, 0.4) is 0 Å². The smallest absolute Gasteiger partial charge is 0.162 e. The van der Waals surface area contributed by atoms with E-state index in [4.69, 9.17) is 19.4 Å². The Morgan fingerprint density at radius 2 is 1.00 bits per heavy atom. The van der Waals surface area contributed by atoms with E-state index < -0.39 is 0 Å². The Kier molecular flexibility index (Phi) is 8.36. The molecule has 4 heterocycles. The second-order valence-electron chi connectivity index (χ2n) is 16.3. The summed E-state index contributed by atoms with van der Waals surface area (Å²) in [5.41, 5.74) is 13.7. The van der Waals surface area contributed by atoms with E-state index in [9.17, 15) is 0 Å². The number of rotatable bonds is 6. The normalized spacial score (nSPS) is 11.8. The van der Waals surface area contributed by atoms with Crippen molar-refractivity contribution in [2.45, 2.75) is 0 Å². The molecular formula is C59H35N3OS. The van der Waals surface area contributed by atoms with Crippen LogP contribution in [0.5, 0.6) is 0 Å². The van der Waals surface area contributed by atoms with E-state index in [1.165, 1.54) is 31.1 Å². The molecule has 0 amide bonds. The number of hydrogen-bond donors (Lipinski definition) is 0. The number of aromatic nitrogens is 3. The number of hydrogen-bond acceptors (Lipinski definition) is 5. The Morgan fingerprint density at radius 1 is 0.375 bits per heavy atom. The number of fused-ring (bicyclic) bond motifs is 9. The first-order valence-electron chi connectivity index (χ1n) is 21.5. The van der Waals surface area contributed by atoms with E-state index in [0.717, 1.165) is 94.3 Å². The second-order valence-corrected chi connectivity index (χ2v) is 17.3. The van der Waals surface area contributed by atoms with Crippen molar-refractivity contribution >= 4 is 75.1 Å². The predicted octanol–water partition coefficient (Wildman–Crippen LogP) is 16.4. The van der Waals surface area contributed by atoms with Crippen LogP contribution in [0.1, 0.15) is 0 Å². The molecule has 0 bridgehead atoms. The quantitative estimate of drug-likeness (QED) is 0.167. The maximum Gasteiger partial charge on any atom is 0.162 e. The summed E-state index contributed by atoms with van der Waals surface area (Å²) in [6.07, 6.45) is 0. The number of thiophene rings is 1. The molecule has 298 valence electrons. The zero-order chi connectivity index (χ0) is 42.1. The number of furan rings is 1. The molecule has 0 saturated carbocycles. The van der Waals surface area contributed by atoms with Crippen LogP contribution in [0.2, 0.25) is 0 Å². The molecule has 64 heavy (non-hydrogen) atoms. The molecule has 0 aliphatic carbocycles. The molecule has 0 spiro atoms. The van der Waals surface area contributed by atoms with Gasteiger partial charge in [0.05, 0.1) is 16.9 Å². The minimum atomic E-state index is 0.669. The highest BCUT2D eigenvalue weighted by Gasteiger charge is 2.22. The highest BCUT2D eigenvalue weighted by molar-refractivity contribution is 7.26. The van der Waals surface area contributed by atoms with Crippen molar-refractivity contribution in [1.29, 1.82) is 0 Å². The van der Waals surface area contributed by atoms with Crippen molar-refractivity contribution in [2.24, 2.45) is 0 Å². The lowest BCUT2D eigenvalue weighted by Crippen LogP contribution is -1.96. The molecule has 13 aromatic rings. The van der Waals surface area contributed by atoms with Crippen LogP contribution in [0.4, 0.5) is 0 Å². The van der Waals surface area contributed by atoms with Crippen molar-refractivity contribution < 1.29 is 4.42 Å². The molecule has 0 aliphatic rings. The minimum Gasteiger partial charge on any atom is -0.454 e. The largest absolute Gasteiger partial charge is 0.454 e. The van der Waals surface area contributed by atoms with E-state index in [0.29, 0.717) is 5.82 Å². The summed E-state index contributed by atoms with van der Waals surface area (Å²) in [4.78, 5) is 15.9. The summed E-state index contributed by atoms with van der Waals surface area (Å²) >= 11 is 1.85. The predicted molar refractivity (Wildman–Crippen MR) is 268 cm³/mol. The monoisotopic (exact) mass is 833 g/mol. The molecule has 0 fully saturated rings. The van der Waals surface area contributed by atoms with Gasteiger partial charge in [-0.05, 0) is 63.4 Å². The lowest BCUT2D eigenvalue weighted by Gasteiger charge is -2.13. The first kappa shape index (κ1) is 36.4. The van der Waals surface area contributed by atoms with Crippen LogP contribution in [0, 0.1) is 0 Å². The van der Waals surface area contributed by atoms with Gasteiger partial charge in [-0.1, -0.05) is 182 Å². The summed E-state index contributed by atoms with van der Waals surface area (Å²) in [5.74, 6) is 0.669. The fraction of sp³-hybridized carbons (Fsp3) is 0. The van der Waals surface area contributed by atoms with Gasteiger partial charge < -0.3 is 4.42 Å². The van der Waals surface area contributed by atoms with Gasteiger partial charge in [-0.2, -0.15) is 0 Å². The van der Waals surface area contributed by atoms with Gasteiger partial charge in [0.1, 0.15) is 11.3 Å². The highest BCUT2D eigenvalue weighted by Crippen LogP contribution is 2.45. The Balaban J connectivity index is 0.941. The molecule has 0 saturated heterocycles. The molecule has 0 radical (unpaired) electrons. The molecule has 4 aromatic heterocycles. The van der Waals surface area contributed by atoms with Gasteiger partial charge in [-0.25, -0.2) is 15.0 Å². The van der Waals surface area contributed by atoms with E-state index >= 15 is 0 Å². The first-order valence-corrected chi connectivity index (χ1v) is 22.3. The van der Waals surface area contributed by atoms with Gasteiger partial charge in [0, 0.05) is 58.6 Å². The summed E-state index contributed by atoms with van der Waals surface area (Å²) in [6, 6.07) is 74.8. The van der Waals surface area contributed by atoms with Crippen molar-refractivity contribution in [2.75, 3.05) is 0 Å². The van der Waals surface area contributed by atoms with Crippen LogP contribution < -0.4 is 0 Å². The van der Waals surface area contributed by atoms with Gasteiger partial charge in [-0.3, -0.25) is 0 Å². The van der Waals surface area contributed by atoms with Crippen molar-refractivity contribution in [3.8, 4) is 67.4 Å². The average molecular weight is 834 g/mol. The van der Waals surface area contributed by atoms with E-state index in [1.807, 2.05) is 29.5 Å². The summed E-state index contributed by atoms with van der Waals surface area (Å²) < 4.78 is 9.34. The Morgan fingerprint density at radius 3 is 1.89 bits per heavy atom. The van der Waals surface area contributed by atoms with Gasteiger partial charge >= 0.3 is 0 Å². The SMILES string of the molecule is c1ccc(-c2cc(-c3cccc(-c4cccc5c4sc4ccccc45)c3)nc(-c3ccc(-c4cccc5nc(-c6cccc7ccccc67)c6oc7ccccc7c6c45)cc3)n2)cc1. The molecule has 9 aromatic carbocycles. The third kappa shape index (κ3) is 5.93. The number of benzene rings is 9. The van der Waals surface area contributed by atoms with Gasteiger partial charge in [0.2, 0.25) is 0 Å². The second kappa shape index (κ2) is 14.7. The average Bonchev–Trinajstić information content (AvgIpc) is 3.95. The van der Waals surface area contributed by atoms with Crippen LogP contribution in [-0.4, -0.2) is 15.0 Å². The lowest BCUT2D eigenvalue weighted by atomic mass is 9.94. The number of nitrogens with zero attached hydrogens (tertiary/aromatic N) is 3. The standard InChI is InChI=1S/C59H35N3OS/c1-2-15-38(16-3-1)50-35-51(41-19-10-18-40(34-41)44-24-12-26-47-45-21-7-9-29-53(45)64-58(44)47)62-59(61-50)39-32-30-37(31-33-39)43-23-13-27-49-54(43)55-48-22-6-8-28-52(48)63-57(55)56(60-49)46-25-11-17-36-14-4-5-20-42(36)46/h1-35H. The van der Waals surface area contributed by atoms with Crippen LogP contribution in [0.15, 0.2) is 217 Å². The van der Waals surface area contributed by atoms with Crippen LogP contribution >= 0.6 is 11.3 Å². The summed E-state index contributed by atoms with van der Waals surface area (Å²) in [6.45, 7) is 0. The summed E-state index contributed by atoms with van der Waals surface area (Å²) in [5, 5.41) is 8.09. The molecule has 5 heteroatoms. The Labute approximate surface area is 372 Å². The van der Waals surface area contributed by atoms with Gasteiger partial charge in [-0.15, -0.1) is 11.3 Å². The van der Waals surface area contributed by atoms with Crippen molar-refractivity contribution in [1.82, 2.24) is 15.0 Å². The zero-order valence-electron chi connectivity index (χ0n) is 34.4. The fourth-order valence-electron chi connectivity index (χ4n) is 9.48. The number of para-hydroxylation sites is 1. The van der Waals surface area contributed by atoms with E-state index in [2.05, 4.69) is 194 Å².